The molecule has 204 valence electrons. The molecule has 2 aromatic carbocycles. The van der Waals surface area contributed by atoms with Crippen molar-refractivity contribution in [3.63, 3.8) is 0 Å². The lowest BCUT2D eigenvalue weighted by Crippen LogP contribution is -2.26. The van der Waals surface area contributed by atoms with E-state index in [4.69, 9.17) is 14.2 Å². The van der Waals surface area contributed by atoms with Gasteiger partial charge in [-0.3, -0.25) is 14.9 Å². The van der Waals surface area contributed by atoms with Gasteiger partial charge in [-0.2, -0.15) is 5.26 Å². The van der Waals surface area contributed by atoms with Crippen molar-refractivity contribution in [3.8, 4) is 17.6 Å². The predicted octanol–water partition coefficient (Wildman–Crippen LogP) is 7.37. The highest BCUT2D eigenvalue weighted by Gasteiger charge is 2.26. The van der Waals surface area contributed by atoms with E-state index in [1.165, 1.54) is 12.1 Å². The molecule has 0 N–H and O–H groups in total. The van der Waals surface area contributed by atoms with Crippen molar-refractivity contribution in [1.82, 2.24) is 0 Å². The summed E-state index contributed by atoms with van der Waals surface area (Å²) in [5, 5.41) is 20.4. The third-order valence-corrected chi connectivity index (χ3v) is 6.47. The van der Waals surface area contributed by atoms with Gasteiger partial charge in [0.25, 0.3) is 5.69 Å². The van der Waals surface area contributed by atoms with E-state index in [0.29, 0.717) is 35.8 Å². The lowest BCUT2D eigenvalue weighted by atomic mass is 9.91. The summed E-state index contributed by atoms with van der Waals surface area (Å²) in [6.07, 6.45) is 8.56. The van der Waals surface area contributed by atoms with Crippen molar-refractivity contribution in [2.24, 2.45) is 5.41 Å². The number of nitrogens with zero attached hydrogens (tertiary/aromatic N) is 2. The summed E-state index contributed by atoms with van der Waals surface area (Å²) in [5.41, 5.74) is 1.31. The first kappa shape index (κ1) is 30.4. The minimum Gasteiger partial charge on any atom is -0.493 e. The fourth-order valence-electron chi connectivity index (χ4n) is 3.60. The number of methoxy groups -OCH3 is 1. The maximum atomic E-state index is 12.0. The molecule has 0 radical (unpaired) electrons. The van der Waals surface area contributed by atoms with Gasteiger partial charge in [-0.25, -0.2) is 0 Å². The minimum absolute atomic E-state index is 0.0245. The van der Waals surface area contributed by atoms with Gasteiger partial charge in [0, 0.05) is 12.1 Å². The smallest absolute Gasteiger partial charge is 0.311 e. The molecule has 8 nitrogen and oxygen atoms in total. The lowest BCUT2D eigenvalue weighted by Gasteiger charge is -2.20. The number of nitriles is 1. The Labute approximate surface area is 225 Å². The second-order valence-electron chi connectivity index (χ2n) is 9.73. The van der Waals surface area contributed by atoms with Crippen LogP contribution in [-0.4, -0.2) is 31.2 Å². The number of rotatable bonds is 16. The number of non-ortho nitro benzene ring substituents is 1. The summed E-state index contributed by atoms with van der Waals surface area (Å²) in [5.74, 6) is 1.09. The number of hydrogen-bond acceptors (Lipinski definition) is 7. The number of esters is 1. The van der Waals surface area contributed by atoms with E-state index in [1.807, 2.05) is 32.9 Å². The van der Waals surface area contributed by atoms with E-state index in [-0.39, 0.29) is 11.7 Å². The van der Waals surface area contributed by atoms with Gasteiger partial charge in [0.1, 0.15) is 0 Å². The molecular formula is C30H38N2O6. The van der Waals surface area contributed by atoms with Crippen molar-refractivity contribution >= 4 is 23.3 Å². The van der Waals surface area contributed by atoms with E-state index in [1.54, 1.807) is 31.4 Å². The largest absolute Gasteiger partial charge is 0.493 e. The Hall–Kier alpha value is -3.86. The van der Waals surface area contributed by atoms with Crippen molar-refractivity contribution in [1.29, 1.82) is 5.26 Å². The highest BCUT2D eigenvalue weighted by molar-refractivity contribution is 5.90. The lowest BCUT2D eigenvalue weighted by molar-refractivity contribution is -0.384. The number of carbonyl (C=O) groups excluding carboxylic acids is 1. The molecule has 0 bridgehead atoms. The second-order valence-corrected chi connectivity index (χ2v) is 9.73. The maximum absolute atomic E-state index is 12.0. The summed E-state index contributed by atoms with van der Waals surface area (Å²) in [4.78, 5) is 22.3. The normalized spacial score (nSPS) is 11.5. The molecule has 0 aliphatic carbocycles. The molecule has 0 amide bonds. The molecule has 0 aliphatic rings. The fourth-order valence-corrected chi connectivity index (χ4v) is 3.60. The van der Waals surface area contributed by atoms with Crippen molar-refractivity contribution in [3.05, 3.63) is 63.7 Å². The van der Waals surface area contributed by atoms with Gasteiger partial charge in [-0.05, 0) is 74.6 Å². The first-order chi connectivity index (χ1) is 18.2. The van der Waals surface area contributed by atoms with Crippen LogP contribution in [0.25, 0.3) is 11.6 Å². The third-order valence-electron chi connectivity index (χ3n) is 6.47. The Morgan fingerprint density at radius 1 is 1.00 bits per heavy atom. The van der Waals surface area contributed by atoms with Crippen molar-refractivity contribution in [2.45, 2.75) is 65.7 Å². The van der Waals surface area contributed by atoms with E-state index in [0.717, 1.165) is 50.5 Å². The quantitative estimate of drug-likeness (QED) is 0.0565. The molecule has 0 aliphatic heterocycles. The highest BCUT2D eigenvalue weighted by Crippen LogP contribution is 2.30. The van der Waals surface area contributed by atoms with Gasteiger partial charge >= 0.3 is 5.97 Å². The number of allylic oxidation sites excluding steroid dienone is 1. The minimum atomic E-state index is -0.473. The van der Waals surface area contributed by atoms with E-state index in [2.05, 4.69) is 6.07 Å². The average molecular weight is 523 g/mol. The van der Waals surface area contributed by atoms with Crippen LogP contribution in [0.4, 0.5) is 5.69 Å². The third kappa shape index (κ3) is 9.55. The standard InChI is InChI=1S/C30H38N2O6/c1-5-30(2,3)29(33)38-19-11-9-7-6-8-10-18-37-27-17-12-23(21-28(27)36-4)20-25(22-31)24-13-15-26(16-14-24)32(34)35/h12-17,20-21H,5-11,18-19H2,1-4H3/b25-20+. The van der Waals surface area contributed by atoms with Crippen LogP contribution in [0.1, 0.15) is 76.8 Å². The number of nitro benzene ring substituents is 1. The van der Waals surface area contributed by atoms with Gasteiger partial charge in [0.2, 0.25) is 0 Å². The molecule has 8 heteroatoms. The van der Waals surface area contributed by atoms with Gasteiger partial charge in [0.05, 0.1) is 42.3 Å². The Bertz CT molecular complexity index is 1130. The molecular weight excluding hydrogens is 484 g/mol. The molecule has 2 rings (SSSR count). The van der Waals surface area contributed by atoms with Crippen LogP contribution in [0, 0.1) is 26.9 Å². The van der Waals surface area contributed by atoms with Crippen LogP contribution in [0.5, 0.6) is 11.5 Å². The summed E-state index contributed by atoms with van der Waals surface area (Å²) in [7, 11) is 1.57. The number of hydrogen-bond donors (Lipinski definition) is 0. The number of benzene rings is 2. The average Bonchev–Trinajstić information content (AvgIpc) is 2.92. The molecule has 38 heavy (non-hydrogen) atoms. The first-order valence-corrected chi connectivity index (χ1v) is 13.1. The molecule has 0 unspecified atom stereocenters. The Balaban J connectivity index is 1.76. The second kappa shape index (κ2) is 15.4. The van der Waals surface area contributed by atoms with E-state index in [9.17, 15) is 20.2 Å². The molecule has 0 saturated heterocycles. The maximum Gasteiger partial charge on any atom is 0.311 e. The number of ether oxygens (including phenoxy) is 3. The van der Waals surface area contributed by atoms with Crippen LogP contribution < -0.4 is 9.47 Å². The predicted molar refractivity (Wildman–Crippen MR) is 148 cm³/mol. The molecule has 2 aromatic rings. The molecule has 0 fully saturated rings. The number of carbonyl (C=O) groups is 1. The van der Waals surface area contributed by atoms with E-state index >= 15 is 0 Å². The first-order valence-electron chi connectivity index (χ1n) is 13.1. The summed E-state index contributed by atoms with van der Waals surface area (Å²) in [6.45, 7) is 6.87. The van der Waals surface area contributed by atoms with Crippen LogP contribution in [0.3, 0.4) is 0 Å². The highest BCUT2D eigenvalue weighted by atomic mass is 16.6. The topological polar surface area (TPSA) is 112 Å². The Kier molecular flexibility index (Phi) is 12.3. The fraction of sp³-hybridized carbons (Fsp3) is 0.467. The molecule has 0 atom stereocenters. The van der Waals surface area contributed by atoms with Gasteiger partial charge in [-0.15, -0.1) is 0 Å². The van der Waals surface area contributed by atoms with Crippen LogP contribution in [0.15, 0.2) is 42.5 Å². The monoisotopic (exact) mass is 522 g/mol. The zero-order valence-corrected chi connectivity index (χ0v) is 22.8. The van der Waals surface area contributed by atoms with Crippen LogP contribution >= 0.6 is 0 Å². The zero-order valence-electron chi connectivity index (χ0n) is 22.8. The SMILES string of the molecule is CCC(C)(C)C(=O)OCCCCCCCCOc1ccc(/C=C(\C#N)c2ccc([N+](=O)[O-])cc2)cc1OC. The van der Waals surface area contributed by atoms with Crippen LogP contribution in [-0.2, 0) is 9.53 Å². The van der Waals surface area contributed by atoms with Gasteiger partial charge in [-0.1, -0.05) is 38.7 Å². The van der Waals surface area contributed by atoms with Crippen molar-refractivity contribution in [2.75, 3.05) is 20.3 Å². The summed E-state index contributed by atoms with van der Waals surface area (Å²) < 4.78 is 16.8. The Morgan fingerprint density at radius 3 is 2.21 bits per heavy atom. The number of nitro groups is 1. The van der Waals surface area contributed by atoms with Gasteiger partial charge < -0.3 is 14.2 Å². The molecule has 0 spiro atoms. The zero-order chi connectivity index (χ0) is 28.0. The van der Waals surface area contributed by atoms with Crippen molar-refractivity contribution < 1.29 is 23.9 Å². The molecule has 0 aromatic heterocycles. The van der Waals surface area contributed by atoms with E-state index < -0.39 is 10.3 Å². The van der Waals surface area contributed by atoms with Crippen LogP contribution in [0.2, 0.25) is 0 Å². The summed E-state index contributed by atoms with van der Waals surface area (Å²) >= 11 is 0. The Morgan fingerprint density at radius 2 is 1.63 bits per heavy atom. The molecule has 0 saturated carbocycles. The number of unbranched alkanes of at least 4 members (excludes halogenated alkanes) is 5. The van der Waals surface area contributed by atoms with Gasteiger partial charge in [0.15, 0.2) is 11.5 Å². The molecule has 0 heterocycles. The summed E-state index contributed by atoms with van der Waals surface area (Å²) in [6, 6.07) is 13.5.